The van der Waals surface area contributed by atoms with Crippen molar-refractivity contribution in [1.82, 2.24) is 16.1 Å². The van der Waals surface area contributed by atoms with Crippen molar-refractivity contribution in [2.75, 3.05) is 26.4 Å². The standard InChI is InChI=1S/C17H23ClN4O4/c1-3-25-8-4-7-19-15(23)10-26-14-6-5-12(9-13(14)18)16-11(2)20-17(24)22-21-16/h5-6,9,11H,3-4,7-8,10H2,1-2H3,(H,19,23)(H2,20,22,24). The first-order valence-corrected chi connectivity index (χ1v) is 8.80. The molecule has 26 heavy (non-hydrogen) atoms. The number of hydrazone groups is 1. The van der Waals surface area contributed by atoms with Gasteiger partial charge in [-0.25, -0.2) is 10.2 Å². The summed E-state index contributed by atoms with van der Waals surface area (Å²) in [4.78, 5) is 23.0. The van der Waals surface area contributed by atoms with Crippen LogP contribution in [0.1, 0.15) is 25.8 Å². The number of amides is 3. The van der Waals surface area contributed by atoms with E-state index >= 15 is 0 Å². The van der Waals surface area contributed by atoms with E-state index in [2.05, 4.69) is 21.2 Å². The van der Waals surface area contributed by atoms with E-state index in [9.17, 15) is 9.59 Å². The Morgan fingerprint density at radius 2 is 2.23 bits per heavy atom. The van der Waals surface area contributed by atoms with Crippen LogP contribution in [0.3, 0.4) is 0 Å². The van der Waals surface area contributed by atoms with Crippen molar-refractivity contribution in [2.24, 2.45) is 5.10 Å². The highest BCUT2D eigenvalue weighted by atomic mass is 35.5. The summed E-state index contributed by atoms with van der Waals surface area (Å²) < 4.78 is 10.7. The third-order valence-corrected chi connectivity index (χ3v) is 3.91. The maximum Gasteiger partial charge on any atom is 0.335 e. The lowest BCUT2D eigenvalue weighted by Crippen LogP contribution is -2.48. The fourth-order valence-electron chi connectivity index (χ4n) is 2.34. The molecule has 0 radical (unpaired) electrons. The first-order valence-electron chi connectivity index (χ1n) is 8.42. The summed E-state index contributed by atoms with van der Waals surface area (Å²) in [5.74, 6) is 0.180. The molecule has 0 saturated heterocycles. The summed E-state index contributed by atoms with van der Waals surface area (Å²) in [6.07, 6.45) is 0.750. The third kappa shape index (κ3) is 5.89. The maximum absolute atomic E-state index is 11.8. The lowest BCUT2D eigenvalue weighted by atomic mass is 10.0. The van der Waals surface area contributed by atoms with Gasteiger partial charge in [0.1, 0.15) is 5.75 Å². The Kier molecular flexibility index (Phi) is 7.68. The number of carbonyl (C=O) groups is 2. The van der Waals surface area contributed by atoms with Gasteiger partial charge >= 0.3 is 6.03 Å². The Morgan fingerprint density at radius 1 is 1.42 bits per heavy atom. The number of nitrogens with zero attached hydrogens (tertiary/aromatic N) is 1. The van der Waals surface area contributed by atoms with Gasteiger partial charge in [-0.2, -0.15) is 5.10 Å². The number of halogens is 1. The van der Waals surface area contributed by atoms with Crippen molar-refractivity contribution in [3.05, 3.63) is 28.8 Å². The highest BCUT2D eigenvalue weighted by Crippen LogP contribution is 2.26. The zero-order chi connectivity index (χ0) is 18.9. The van der Waals surface area contributed by atoms with Crippen molar-refractivity contribution >= 4 is 29.3 Å². The van der Waals surface area contributed by atoms with E-state index < -0.39 is 0 Å². The fourth-order valence-corrected chi connectivity index (χ4v) is 2.57. The average Bonchev–Trinajstić information content (AvgIpc) is 2.60. The first-order chi connectivity index (χ1) is 12.5. The summed E-state index contributed by atoms with van der Waals surface area (Å²) >= 11 is 6.23. The van der Waals surface area contributed by atoms with Crippen LogP contribution in [-0.2, 0) is 9.53 Å². The molecule has 0 aliphatic carbocycles. The van der Waals surface area contributed by atoms with Crippen LogP contribution in [0.25, 0.3) is 0 Å². The number of ether oxygens (including phenoxy) is 2. The molecule has 2 rings (SSSR count). The molecule has 8 nitrogen and oxygen atoms in total. The van der Waals surface area contributed by atoms with Gasteiger partial charge in [0, 0.05) is 25.3 Å². The SMILES string of the molecule is CCOCCCNC(=O)COc1ccc(C2=NNC(=O)NC2C)cc1Cl. The van der Waals surface area contributed by atoms with Gasteiger partial charge in [0.2, 0.25) is 0 Å². The summed E-state index contributed by atoms with van der Waals surface area (Å²) in [5, 5.41) is 9.87. The molecule has 0 aromatic heterocycles. The molecule has 1 aromatic carbocycles. The molecule has 0 spiro atoms. The van der Waals surface area contributed by atoms with Crippen LogP contribution < -0.4 is 20.8 Å². The fraction of sp³-hybridized carbons (Fsp3) is 0.471. The Hall–Kier alpha value is -2.32. The molecule has 1 aliphatic heterocycles. The number of rotatable bonds is 9. The van der Waals surface area contributed by atoms with Gasteiger partial charge in [0.15, 0.2) is 6.61 Å². The monoisotopic (exact) mass is 382 g/mol. The van der Waals surface area contributed by atoms with Gasteiger partial charge < -0.3 is 20.1 Å². The van der Waals surface area contributed by atoms with Crippen LogP contribution in [0.15, 0.2) is 23.3 Å². The number of urea groups is 1. The molecule has 0 saturated carbocycles. The lowest BCUT2D eigenvalue weighted by molar-refractivity contribution is -0.123. The van der Waals surface area contributed by atoms with Crippen LogP contribution in [0, 0.1) is 0 Å². The molecular weight excluding hydrogens is 360 g/mol. The van der Waals surface area contributed by atoms with Crippen LogP contribution in [0.4, 0.5) is 4.79 Å². The zero-order valence-electron chi connectivity index (χ0n) is 14.8. The van der Waals surface area contributed by atoms with E-state index in [1.54, 1.807) is 18.2 Å². The molecule has 9 heteroatoms. The summed E-state index contributed by atoms with van der Waals surface area (Å²) in [6.45, 7) is 5.44. The zero-order valence-corrected chi connectivity index (χ0v) is 15.6. The molecule has 142 valence electrons. The predicted octanol–water partition coefficient (Wildman–Crippen LogP) is 1.67. The topological polar surface area (TPSA) is 101 Å². The predicted molar refractivity (Wildman–Crippen MR) is 98.7 cm³/mol. The molecule has 3 amide bonds. The molecule has 1 atom stereocenters. The molecular formula is C17H23ClN4O4. The van der Waals surface area contributed by atoms with Crippen molar-refractivity contribution < 1.29 is 19.1 Å². The maximum atomic E-state index is 11.8. The van der Waals surface area contributed by atoms with Gasteiger partial charge in [-0.1, -0.05) is 11.6 Å². The quantitative estimate of drug-likeness (QED) is 0.565. The van der Waals surface area contributed by atoms with Crippen LogP contribution in [0.2, 0.25) is 5.02 Å². The number of hydrogen-bond acceptors (Lipinski definition) is 5. The van der Waals surface area contributed by atoms with Crippen molar-refractivity contribution in [3.8, 4) is 5.75 Å². The molecule has 1 aliphatic rings. The summed E-state index contributed by atoms with van der Waals surface area (Å²) in [6, 6.07) is 4.54. The molecule has 3 N–H and O–H groups in total. The van der Waals surface area contributed by atoms with E-state index in [1.807, 2.05) is 13.8 Å². The van der Waals surface area contributed by atoms with Gasteiger partial charge in [-0.3, -0.25) is 4.79 Å². The Morgan fingerprint density at radius 3 is 2.92 bits per heavy atom. The smallest absolute Gasteiger partial charge is 0.335 e. The lowest BCUT2D eigenvalue weighted by Gasteiger charge is -2.21. The van der Waals surface area contributed by atoms with E-state index in [-0.39, 0.29) is 24.6 Å². The molecule has 0 fully saturated rings. The summed E-state index contributed by atoms with van der Waals surface area (Å²) in [7, 11) is 0. The normalized spacial score (nSPS) is 16.3. The highest BCUT2D eigenvalue weighted by molar-refractivity contribution is 6.32. The van der Waals surface area contributed by atoms with Crippen LogP contribution >= 0.6 is 11.6 Å². The number of benzene rings is 1. The van der Waals surface area contributed by atoms with Gasteiger partial charge in [-0.05, 0) is 38.5 Å². The number of nitrogens with one attached hydrogen (secondary N) is 3. The van der Waals surface area contributed by atoms with E-state index in [0.29, 0.717) is 36.2 Å². The van der Waals surface area contributed by atoms with Crippen molar-refractivity contribution in [1.29, 1.82) is 0 Å². The Labute approximate surface area is 157 Å². The molecule has 0 bridgehead atoms. The van der Waals surface area contributed by atoms with Crippen LogP contribution in [-0.4, -0.2) is 50.1 Å². The van der Waals surface area contributed by atoms with Crippen molar-refractivity contribution in [2.45, 2.75) is 26.3 Å². The van der Waals surface area contributed by atoms with Gasteiger partial charge in [0.05, 0.1) is 16.8 Å². The minimum absolute atomic E-state index is 0.122. The first kappa shape index (κ1) is 20.0. The number of carbonyl (C=O) groups excluding carboxylic acids is 2. The second kappa shape index (κ2) is 9.98. The van der Waals surface area contributed by atoms with E-state index in [4.69, 9.17) is 21.1 Å². The minimum Gasteiger partial charge on any atom is -0.482 e. The van der Waals surface area contributed by atoms with Crippen molar-refractivity contribution in [3.63, 3.8) is 0 Å². The molecule has 1 heterocycles. The summed E-state index contributed by atoms with van der Waals surface area (Å²) in [5.41, 5.74) is 3.78. The highest BCUT2D eigenvalue weighted by Gasteiger charge is 2.21. The minimum atomic E-state index is -0.348. The third-order valence-electron chi connectivity index (χ3n) is 3.61. The largest absolute Gasteiger partial charge is 0.482 e. The molecule has 1 aromatic rings. The second-order valence-electron chi connectivity index (χ2n) is 5.64. The van der Waals surface area contributed by atoms with E-state index in [0.717, 1.165) is 12.0 Å². The van der Waals surface area contributed by atoms with Crippen LogP contribution in [0.5, 0.6) is 5.75 Å². The average molecular weight is 383 g/mol. The molecule has 1 unspecified atom stereocenters. The second-order valence-corrected chi connectivity index (χ2v) is 6.05. The van der Waals surface area contributed by atoms with Gasteiger partial charge in [-0.15, -0.1) is 0 Å². The Bertz CT molecular complexity index is 681. The van der Waals surface area contributed by atoms with Gasteiger partial charge in [0.25, 0.3) is 5.91 Å². The van der Waals surface area contributed by atoms with E-state index in [1.165, 1.54) is 0 Å². The number of hydrogen-bond donors (Lipinski definition) is 3. The Balaban J connectivity index is 1.86.